The maximum Gasteiger partial charge on any atom is 0.330 e. The maximum absolute atomic E-state index is 12.3. The number of benzene rings is 3. The highest BCUT2D eigenvalue weighted by Crippen LogP contribution is 2.42. The quantitative estimate of drug-likeness (QED) is 0.356. The zero-order valence-electron chi connectivity index (χ0n) is 20.4. The van der Waals surface area contributed by atoms with Crippen molar-refractivity contribution in [2.24, 2.45) is 0 Å². The highest BCUT2D eigenvalue weighted by atomic mass is 16.6. The molecule has 0 amide bonds. The average Bonchev–Trinajstić information content (AvgIpc) is 3.39. The lowest BCUT2D eigenvalue weighted by Crippen LogP contribution is -2.36. The van der Waals surface area contributed by atoms with Gasteiger partial charge in [0, 0.05) is 12.3 Å². The van der Waals surface area contributed by atoms with E-state index in [4.69, 9.17) is 14.2 Å². The van der Waals surface area contributed by atoms with Crippen molar-refractivity contribution >= 4 is 0 Å². The van der Waals surface area contributed by atoms with E-state index in [2.05, 4.69) is 4.98 Å². The molecule has 8 nitrogen and oxygen atoms in total. The van der Waals surface area contributed by atoms with Crippen LogP contribution >= 0.6 is 0 Å². The molecular formula is C29H28N2O6. The molecule has 1 fully saturated rings. The Balaban J connectivity index is 1.51. The number of rotatable bonds is 8. The van der Waals surface area contributed by atoms with Crippen molar-refractivity contribution in [2.45, 2.75) is 30.8 Å². The fourth-order valence-electron chi connectivity index (χ4n) is 4.83. The number of phenolic OH excluding ortho intramolecular Hbond substituents is 1. The fourth-order valence-corrected chi connectivity index (χ4v) is 4.83. The number of hydrogen-bond donors (Lipinski definition) is 2. The maximum atomic E-state index is 12.3. The van der Waals surface area contributed by atoms with Gasteiger partial charge in [0.25, 0.3) is 5.56 Å². The van der Waals surface area contributed by atoms with E-state index < -0.39 is 23.1 Å². The molecule has 2 heterocycles. The Hall–Kier alpha value is -4.14. The number of nitrogens with one attached hydrogen (secondary N) is 1. The van der Waals surface area contributed by atoms with E-state index in [0.29, 0.717) is 12.8 Å². The summed E-state index contributed by atoms with van der Waals surface area (Å²) < 4.78 is 19.8. The van der Waals surface area contributed by atoms with Crippen LogP contribution in [-0.4, -0.2) is 34.5 Å². The lowest BCUT2D eigenvalue weighted by atomic mass is 9.80. The molecule has 1 saturated heterocycles. The minimum Gasteiger partial charge on any atom is -0.508 e. The molecule has 1 aliphatic heterocycles. The largest absolute Gasteiger partial charge is 0.508 e. The highest BCUT2D eigenvalue weighted by molar-refractivity contribution is 5.49. The van der Waals surface area contributed by atoms with Crippen molar-refractivity contribution in [3.8, 4) is 11.5 Å². The van der Waals surface area contributed by atoms with Gasteiger partial charge in [-0.3, -0.25) is 14.3 Å². The van der Waals surface area contributed by atoms with Crippen LogP contribution in [0.3, 0.4) is 0 Å². The number of H-pyrrole nitrogens is 1. The minimum atomic E-state index is -1.00. The van der Waals surface area contributed by atoms with E-state index in [1.165, 1.54) is 16.8 Å². The number of aromatic amines is 1. The van der Waals surface area contributed by atoms with Crippen molar-refractivity contribution in [1.82, 2.24) is 9.55 Å². The molecule has 3 atom stereocenters. The first-order chi connectivity index (χ1) is 18.0. The minimum absolute atomic E-state index is 0.161. The standard InChI is InChI=1S/C29H28N2O6/c1-35-24-13-9-22(10-14-24)29(20-5-3-2-4-6-20,21-7-11-23(32)12-8-21)36-19-25-15-16-27(37-25)31-18-17-26(33)30-28(31)34/h2-14,17-18,25,27,32H,15-16,19H2,1H3,(H,30,33,34)/t25-,27+,29?/m0/s1. The van der Waals surface area contributed by atoms with E-state index in [0.717, 1.165) is 22.4 Å². The Labute approximate surface area is 213 Å². The van der Waals surface area contributed by atoms with Crippen LogP contribution in [0.4, 0.5) is 0 Å². The van der Waals surface area contributed by atoms with Crippen LogP contribution in [0.25, 0.3) is 0 Å². The van der Waals surface area contributed by atoms with Gasteiger partial charge in [0.15, 0.2) is 0 Å². The molecule has 190 valence electrons. The van der Waals surface area contributed by atoms with Gasteiger partial charge in [0.05, 0.1) is 19.8 Å². The van der Waals surface area contributed by atoms with E-state index >= 15 is 0 Å². The molecule has 0 spiro atoms. The summed E-state index contributed by atoms with van der Waals surface area (Å²) in [5.74, 6) is 0.887. The molecule has 37 heavy (non-hydrogen) atoms. The molecule has 0 radical (unpaired) electrons. The predicted molar refractivity (Wildman–Crippen MR) is 138 cm³/mol. The van der Waals surface area contributed by atoms with Gasteiger partial charge >= 0.3 is 5.69 Å². The average molecular weight is 501 g/mol. The molecular weight excluding hydrogens is 472 g/mol. The Morgan fingerprint density at radius 1 is 0.919 bits per heavy atom. The third-order valence-electron chi connectivity index (χ3n) is 6.68. The van der Waals surface area contributed by atoms with Gasteiger partial charge in [-0.2, -0.15) is 0 Å². The Kier molecular flexibility index (Phi) is 6.94. The van der Waals surface area contributed by atoms with Crippen molar-refractivity contribution in [3.05, 3.63) is 129 Å². The first kappa shape index (κ1) is 24.5. The van der Waals surface area contributed by atoms with Crippen LogP contribution < -0.4 is 16.0 Å². The van der Waals surface area contributed by atoms with Gasteiger partial charge in [0.1, 0.15) is 23.3 Å². The lowest BCUT2D eigenvalue weighted by Gasteiger charge is -2.37. The van der Waals surface area contributed by atoms with Crippen molar-refractivity contribution in [3.63, 3.8) is 0 Å². The number of methoxy groups -OCH3 is 1. The molecule has 1 aromatic heterocycles. The summed E-state index contributed by atoms with van der Waals surface area (Å²) in [5, 5.41) is 9.98. The van der Waals surface area contributed by atoms with Crippen LogP contribution in [0.5, 0.6) is 11.5 Å². The number of phenols is 1. The molecule has 1 unspecified atom stereocenters. The van der Waals surface area contributed by atoms with E-state index in [9.17, 15) is 14.7 Å². The second-order valence-electron chi connectivity index (χ2n) is 8.94. The van der Waals surface area contributed by atoms with Gasteiger partial charge in [0.2, 0.25) is 0 Å². The molecule has 5 rings (SSSR count). The molecule has 2 N–H and O–H groups in total. The van der Waals surface area contributed by atoms with Crippen LogP contribution in [0, 0.1) is 0 Å². The third kappa shape index (κ3) is 4.94. The summed E-state index contributed by atoms with van der Waals surface area (Å²) in [6.07, 6.45) is 1.98. The zero-order chi connectivity index (χ0) is 25.8. The first-order valence-electron chi connectivity index (χ1n) is 12.1. The summed E-state index contributed by atoms with van der Waals surface area (Å²) in [4.78, 5) is 26.0. The van der Waals surface area contributed by atoms with Gasteiger partial charge in [-0.15, -0.1) is 0 Å². The van der Waals surface area contributed by atoms with Crippen molar-refractivity contribution in [2.75, 3.05) is 13.7 Å². The molecule has 0 bridgehead atoms. The van der Waals surface area contributed by atoms with Crippen LogP contribution in [0.2, 0.25) is 0 Å². The monoisotopic (exact) mass is 500 g/mol. The highest BCUT2D eigenvalue weighted by Gasteiger charge is 2.39. The summed E-state index contributed by atoms with van der Waals surface area (Å²) in [5.41, 5.74) is 0.694. The van der Waals surface area contributed by atoms with Crippen molar-refractivity contribution in [1.29, 1.82) is 0 Å². The fraction of sp³-hybridized carbons (Fsp3) is 0.241. The normalized spacial score (nSPS) is 18.8. The number of nitrogens with zero attached hydrogens (tertiary/aromatic N) is 1. The molecule has 4 aromatic rings. The SMILES string of the molecule is COc1ccc(C(OC[C@@H]2CC[C@H](n3ccc(=O)[nH]c3=O)O2)(c2ccccc2)c2ccc(O)cc2)cc1. The van der Waals surface area contributed by atoms with E-state index in [1.807, 2.05) is 66.7 Å². The summed E-state index contributed by atoms with van der Waals surface area (Å²) in [7, 11) is 1.62. The van der Waals surface area contributed by atoms with Crippen LogP contribution in [-0.2, 0) is 15.1 Å². The smallest absolute Gasteiger partial charge is 0.330 e. The van der Waals surface area contributed by atoms with Crippen LogP contribution in [0.15, 0.2) is 101 Å². The molecule has 0 aliphatic carbocycles. The molecule has 1 aliphatic rings. The van der Waals surface area contributed by atoms with E-state index in [1.54, 1.807) is 19.2 Å². The Morgan fingerprint density at radius 2 is 1.57 bits per heavy atom. The summed E-state index contributed by atoms with van der Waals surface area (Å²) in [6, 6.07) is 25.9. The number of ether oxygens (including phenoxy) is 3. The third-order valence-corrected chi connectivity index (χ3v) is 6.68. The van der Waals surface area contributed by atoms with Crippen LogP contribution in [0.1, 0.15) is 35.8 Å². The second kappa shape index (κ2) is 10.5. The van der Waals surface area contributed by atoms with E-state index in [-0.39, 0.29) is 18.5 Å². The second-order valence-corrected chi connectivity index (χ2v) is 8.94. The van der Waals surface area contributed by atoms with Gasteiger partial charge < -0.3 is 19.3 Å². The van der Waals surface area contributed by atoms with Gasteiger partial charge in [-0.25, -0.2) is 4.79 Å². The Morgan fingerprint density at radius 3 is 2.22 bits per heavy atom. The van der Waals surface area contributed by atoms with Gasteiger partial charge in [-0.05, 0) is 53.8 Å². The summed E-state index contributed by atoms with van der Waals surface area (Å²) >= 11 is 0. The number of hydrogen-bond acceptors (Lipinski definition) is 6. The summed E-state index contributed by atoms with van der Waals surface area (Å²) in [6.45, 7) is 0.246. The first-order valence-corrected chi connectivity index (χ1v) is 12.1. The zero-order valence-corrected chi connectivity index (χ0v) is 20.4. The molecule has 8 heteroatoms. The molecule has 3 aromatic carbocycles. The van der Waals surface area contributed by atoms with Gasteiger partial charge in [-0.1, -0.05) is 54.6 Å². The lowest BCUT2D eigenvalue weighted by molar-refractivity contribution is -0.0774. The number of aromatic nitrogens is 2. The van der Waals surface area contributed by atoms with Crippen molar-refractivity contribution < 1.29 is 19.3 Å². The molecule has 0 saturated carbocycles. The topological polar surface area (TPSA) is 103 Å². The predicted octanol–water partition coefficient (Wildman–Crippen LogP) is 3.94. The Bertz CT molecular complexity index is 1450. The number of aromatic hydroxyl groups is 1.